The summed E-state index contributed by atoms with van der Waals surface area (Å²) in [5, 5.41) is 4.48. The van der Waals surface area contributed by atoms with Crippen molar-refractivity contribution in [2.24, 2.45) is 5.11 Å². The van der Waals surface area contributed by atoms with Gasteiger partial charge in [-0.25, -0.2) is 0 Å². The van der Waals surface area contributed by atoms with Crippen LogP contribution in [0.25, 0.3) is 27.5 Å². The monoisotopic (exact) mass is 199 g/mol. The molecule has 2 rings (SSSR count). The minimum absolute atomic E-state index is 0.375. The third kappa shape index (κ3) is 2.18. The highest BCUT2D eigenvalue weighted by Crippen LogP contribution is 2.17. The summed E-state index contributed by atoms with van der Waals surface area (Å²) in [6, 6.07) is 7.81. The van der Waals surface area contributed by atoms with E-state index in [1.165, 1.54) is 0 Å². The van der Waals surface area contributed by atoms with Crippen molar-refractivity contribution in [3.05, 3.63) is 52.6 Å². The highest BCUT2D eigenvalue weighted by molar-refractivity contribution is 5.79. The minimum Gasteiger partial charge on any atom is -0.464 e. The van der Waals surface area contributed by atoms with Crippen LogP contribution in [0.15, 0.2) is 46.1 Å². The molecule has 1 aromatic heterocycles. The Kier molecular flexibility index (Phi) is 2.72. The van der Waals surface area contributed by atoms with Crippen LogP contribution in [-0.4, -0.2) is 6.54 Å². The number of benzene rings is 1. The van der Waals surface area contributed by atoms with E-state index < -0.39 is 0 Å². The largest absolute Gasteiger partial charge is 0.464 e. The van der Waals surface area contributed by atoms with Gasteiger partial charge in [0.05, 0.1) is 6.26 Å². The third-order valence-electron chi connectivity index (χ3n) is 2.04. The molecule has 4 heteroatoms. The third-order valence-corrected chi connectivity index (χ3v) is 2.04. The highest BCUT2D eigenvalue weighted by atomic mass is 16.3. The lowest BCUT2D eigenvalue weighted by molar-refractivity contribution is 0.616. The summed E-state index contributed by atoms with van der Waals surface area (Å²) < 4.78 is 5.23. The summed E-state index contributed by atoms with van der Waals surface area (Å²) >= 11 is 0. The van der Waals surface area contributed by atoms with Crippen LogP contribution >= 0.6 is 0 Å². The molecular weight excluding hydrogens is 190 g/mol. The fourth-order valence-electron chi connectivity index (χ4n) is 1.36. The molecule has 0 spiro atoms. The molecule has 0 fully saturated rings. The molecule has 0 radical (unpaired) electrons. The number of rotatable bonds is 3. The van der Waals surface area contributed by atoms with Gasteiger partial charge < -0.3 is 4.42 Å². The second-order valence-electron chi connectivity index (χ2n) is 3.03. The van der Waals surface area contributed by atoms with Gasteiger partial charge in [-0.3, -0.25) is 0 Å². The molecule has 0 aliphatic carbocycles. The number of hydrogen-bond acceptors (Lipinski definition) is 2. The fourth-order valence-corrected chi connectivity index (χ4v) is 1.36. The minimum atomic E-state index is 0.375. The molecule has 0 N–H and O–H groups in total. The molecule has 1 heterocycles. The lowest BCUT2D eigenvalue weighted by Crippen LogP contribution is -1.72. The molecule has 0 aliphatic rings. The van der Waals surface area contributed by atoms with E-state index >= 15 is 0 Å². The molecule has 0 saturated carbocycles. The van der Waals surface area contributed by atoms with Crippen LogP contribution in [0.3, 0.4) is 0 Å². The van der Waals surface area contributed by atoms with E-state index in [0.717, 1.165) is 16.5 Å². The first-order chi connectivity index (χ1) is 7.40. The summed E-state index contributed by atoms with van der Waals surface area (Å²) in [7, 11) is 0. The highest BCUT2D eigenvalue weighted by Gasteiger charge is 1.95. The topological polar surface area (TPSA) is 61.9 Å². The fraction of sp³-hybridized carbons (Fsp3) is 0.0909. The van der Waals surface area contributed by atoms with Crippen molar-refractivity contribution in [2.75, 3.05) is 6.54 Å². The van der Waals surface area contributed by atoms with Gasteiger partial charge in [-0.1, -0.05) is 23.3 Å². The van der Waals surface area contributed by atoms with Gasteiger partial charge in [0.2, 0.25) is 0 Å². The van der Waals surface area contributed by atoms with Gasteiger partial charge in [0.15, 0.2) is 0 Å². The average Bonchev–Trinajstić information content (AvgIpc) is 2.71. The predicted molar refractivity (Wildman–Crippen MR) is 59.3 cm³/mol. The smallest absolute Gasteiger partial charge is 0.133 e. The number of azide groups is 1. The van der Waals surface area contributed by atoms with Crippen LogP contribution in [0.4, 0.5) is 0 Å². The van der Waals surface area contributed by atoms with Crippen LogP contribution < -0.4 is 0 Å². The summed E-state index contributed by atoms with van der Waals surface area (Å²) in [5.74, 6) is 0. The Morgan fingerprint density at radius 2 is 2.33 bits per heavy atom. The van der Waals surface area contributed by atoms with E-state index in [0.29, 0.717) is 6.54 Å². The Morgan fingerprint density at radius 1 is 1.40 bits per heavy atom. The van der Waals surface area contributed by atoms with Crippen molar-refractivity contribution in [3.63, 3.8) is 0 Å². The van der Waals surface area contributed by atoms with Crippen molar-refractivity contribution in [3.8, 4) is 0 Å². The second kappa shape index (κ2) is 4.35. The first kappa shape index (κ1) is 9.37. The molecule has 0 amide bonds. The Labute approximate surface area is 86.4 Å². The maximum Gasteiger partial charge on any atom is 0.133 e. The van der Waals surface area contributed by atoms with Gasteiger partial charge in [0.25, 0.3) is 0 Å². The van der Waals surface area contributed by atoms with Crippen LogP contribution in [0.2, 0.25) is 0 Å². The van der Waals surface area contributed by atoms with E-state index in [1.807, 2.05) is 36.4 Å². The lowest BCUT2D eigenvalue weighted by Gasteiger charge is -1.92. The first-order valence-corrected chi connectivity index (χ1v) is 4.55. The maximum absolute atomic E-state index is 8.09. The van der Waals surface area contributed by atoms with E-state index in [-0.39, 0.29) is 0 Å². The Morgan fingerprint density at radius 3 is 3.20 bits per heavy atom. The first-order valence-electron chi connectivity index (χ1n) is 4.55. The van der Waals surface area contributed by atoms with Gasteiger partial charge >= 0.3 is 0 Å². The molecule has 4 nitrogen and oxygen atoms in total. The van der Waals surface area contributed by atoms with Gasteiger partial charge in [-0.15, -0.1) is 0 Å². The summed E-state index contributed by atoms with van der Waals surface area (Å²) in [5.41, 5.74) is 10.0. The van der Waals surface area contributed by atoms with Crippen molar-refractivity contribution in [2.45, 2.75) is 0 Å². The van der Waals surface area contributed by atoms with E-state index in [9.17, 15) is 0 Å². The van der Waals surface area contributed by atoms with Gasteiger partial charge in [0, 0.05) is 16.8 Å². The molecule has 0 atom stereocenters. The Hall–Kier alpha value is -2.19. The van der Waals surface area contributed by atoms with Crippen LogP contribution in [-0.2, 0) is 0 Å². The van der Waals surface area contributed by atoms with Crippen molar-refractivity contribution < 1.29 is 4.42 Å². The number of furan rings is 1. The van der Waals surface area contributed by atoms with E-state index in [2.05, 4.69) is 10.0 Å². The normalized spacial score (nSPS) is 10.7. The second-order valence-corrected chi connectivity index (χ2v) is 3.03. The summed E-state index contributed by atoms with van der Waals surface area (Å²) in [6.45, 7) is 0.375. The van der Waals surface area contributed by atoms with Crippen molar-refractivity contribution >= 4 is 17.0 Å². The molecular formula is C11H9N3O. The molecule has 74 valence electrons. The molecule has 15 heavy (non-hydrogen) atoms. The standard InChI is InChI=1S/C11H9N3O/c12-14-13-6-1-2-9-3-4-11-10(8-9)5-7-15-11/h1-5,7-8H,6H2. The van der Waals surface area contributed by atoms with Crippen LogP contribution in [0.5, 0.6) is 0 Å². The molecule has 0 saturated heterocycles. The van der Waals surface area contributed by atoms with Crippen LogP contribution in [0.1, 0.15) is 5.56 Å². The van der Waals surface area contributed by atoms with Gasteiger partial charge in [-0.2, -0.15) is 0 Å². The van der Waals surface area contributed by atoms with Gasteiger partial charge in [0.1, 0.15) is 5.58 Å². The molecule has 1 aromatic carbocycles. The number of nitrogens with zero attached hydrogens (tertiary/aromatic N) is 3. The maximum atomic E-state index is 8.09. The number of hydrogen-bond donors (Lipinski definition) is 0. The average molecular weight is 199 g/mol. The zero-order valence-corrected chi connectivity index (χ0v) is 8.00. The predicted octanol–water partition coefficient (Wildman–Crippen LogP) is 3.76. The molecule has 0 unspecified atom stereocenters. The Bertz CT molecular complexity index is 536. The molecule has 0 bridgehead atoms. The zero-order valence-electron chi connectivity index (χ0n) is 8.00. The van der Waals surface area contributed by atoms with E-state index in [4.69, 9.17) is 9.95 Å². The summed E-state index contributed by atoms with van der Waals surface area (Å²) in [6.07, 6.45) is 5.40. The SMILES string of the molecule is [N-]=[N+]=NCC=Cc1ccc2occc2c1. The molecule has 0 aliphatic heterocycles. The molecule has 2 aromatic rings. The summed E-state index contributed by atoms with van der Waals surface area (Å²) in [4.78, 5) is 2.67. The quantitative estimate of drug-likeness (QED) is 0.421. The van der Waals surface area contributed by atoms with Crippen LogP contribution in [0, 0.1) is 0 Å². The number of fused-ring (bicyclic) bond motifs is 1. The zero-order chi connectivity index (χ0) is 10.5. The Balaban J connectivity index is 2.20. The van der Waals surface area contributed by atoms with Gasteiger partial charge in [-0.05, 0) is 29.3 Å². The van der Waals surface area contributed by atoms with Crippen molar-refractivity contribution in [1.82, 2.24) is 0 Å². The van der Waals surface area contributed by atoms with E-state index in [1.54, 1.807) is 6.26 Å². The lowest BCUT2D eigenvalue weighted by atomic mass is 10.1. The van der Waals surface area contributed by atoms with Crippen molar-refractivity contribution in [1.29, 1.82) is 0 Å².